The highest BCUT2D eigenvalue weighted by Crippen LogP contribution is 2.58. The molecule has 4 aliphatic rings. The minimum Gasteiger partial charge on any atom is -0.459 e. The number of ether oxygens (including phenoxy) is 2. The lowest BCUT2D eigenvalue weighted by atomic mass is 9.85. The molecule has 5 atom stereocenters. The van der Waals surface area contributed by atoms with Crippen molar-refractivity contribution in [2.24, 2.45) is 16.7 Å². The summed E-state index contributed by atoms with van der Waals surface area (Å²) in [7, 11) is -3.96. The third kappa shape index (κ3) is 8.28. The summed E-state index contributed by atoms with van der Waals surface area (Å²) < 4.78 is 43.2. The van der Waals surface area contributed by atoms with Gasteiger partial charge < -0.3 is 19.7 Å². The second-order valence-electron chi connectivity index (χ2n) is 18.2. The van der Waals surface area contributed by atoms with Crippen LogP contribution >= 0.6 is 0 Å². The van der Waals surface area contributed by atoms with E-state index in [1.165, 1.54) is 4.90 Å². The van der Waals surface area contributed by atoms with E-state index in [4.69, 9.17) is 14.5 Å². The van der Waals surface area contributed by atoms with E-state index in [-0.39, 0.29) is 31.1 Å². The topological polar surface area (TPSA) is 166 Å². The average Bonchev–Trinajstić information content (AvgIpc) is 3.94. The number of carbonyl (C=O) groups excluding carboxylic acids is 4. The zero-order valence-corrected chi connectivity index (χ0v) is 33.9. The first kappa shape index (κ1) is 40.0. The summed E-state index contributed by atoms with van der Waals surface area (Å²) in [6.07, 6.45) is 5.47. The first-order valence-electron chi connectivity index (χ1n) is 19.8. The van der Waals surface area contributed by atoms with Crippen molar-refractivity contribution >= 4 is 44.7 Å². The number of amides is 3. The maximum absolute atomic E-state index is 14.6. The van der Waals surface area contributed by atoms with E-state index in [9.17, 15) is 27.6 Å². The molecule has 2 spiro atoms. The van der Waals surface area contributed by atoms with Gasteiger partial charge in [0.15, 0.2) is 5.78 Å². The van der Waals surface area contributed by atoms with Crippen LogP contribution in [-0.2, 0) is 35.7 Å². The predicted molar refractivity (Wildman–Crippen MR) is 204 cm³/mol. The number of hydrogen-bond acceptors (Lipinski definition) is 9. The van der Waals surface area contributed by atoms with E-state index in [2.05, 4.69) is 14.6 Å². The number of nitrogens with zero attached hydrogens (tertiary/aromatic N) is 3. The summed E-state index contributed by atoms with van der Waals surface area (Å²) in [5.41, 5.74) is -1.05. The highest BCUT2D eigenvalue weighted by molar-refractivity contribution is 7.91. The molecule has 298 valence electrons. The van der Waals surface area contributed by atoms with Crippen LogP contribution in [0.4, 0.5) is 4.79 Å². The van der Waals surface area contributed by atoms with Gasteiger partial charge in [0.05, 0.1) is 33.8 Å². The highest BCUT2D eigenvalue weighted by atomic mass is 32.2. The molecule has 6 rings (SSSR count). The molecule has 54 heavy (non-hydrogen) atoms. The number of nitrogens with one attached hydrogen (secondary N) is 2. The number of benzene rings is 1. The minimum absolute atomic E-state index is 0.0499. The van der Waals surface area contributed by atoms with E-state index in [0.29, 0.717) is 44.7 Å². The molecule has 3 amide bonds. The molecule has 2 N–H and O–H groups in total. The van der Waals surface area contributed by atoms with Crippen molar-refractivity contribution in [1.29, 1.82) is 0 Å². The molecule has 13 nitrogen and oxygen atoms in total. The molecule has 2 bridgehead atoms. The van der Waals surface area contributed by atoms with Gasteiger partial charge >= 0.3 is 6.09 Å². The van der Waals surface area contributed by atoms with Crippen molar-refractivity contribution < 1.29 is 37.1 Å². The Hall–Kier alpha value is -3.68. The lowest BCUT2D eigenvalue weighted by Gasteiger charge is -2.36. The Balaban J connectivity index is 1.35. The number of likely N-dealkylation sites (tertiary alicyclic amines) is 1. The van der Waals surface area contributed by atoms with Gasteiger partial charge in [-0.05, 0) is 76.3 Å². The molecular formula is C40H59N5O8S. The number of imidazole rings is 1. The molecule has 2 saturated carbocycles. The Morgan fingerprint density at radius 2 is 1.72 bits per heavy atom. The van der Waals surface area contributed by atoms with E-state index in [1.54, 1.807) is 20.8 Å². The fraction of sp³-hybridized carbons (Fsp3) is 0.725. The maximum Gasteiger partial charge on any atom is 0.408 e. The molecule has 1 aromatic carbocycles. The largest absolute Gasteiger partial charge is 0.459 e. The molecule has 3 fully saturated rings. The monoisotopic (exact) mass is 769 g/mol. The second kappa shape index (κ2) is 14.8. The Morgan fingerprint density at radius 3 is 2.37 bits per heavy atom. The van der Waals surface area contributed by atoms with Crippen molar-refractivity contribution in [2.75, 3.05) is 6.54 Å². The van der Waals surface area contributed by atoms with Gasteiger partial charge in [0.1, 0.15) is 17.7 Å². The van der Waals surface area contributed by atoms with Crippen molar-refractivity contribution in [1.82, 2.24) is 24.5 Å². The number of alkyl carbamates (subject to hydrolysis) is 1. The van der Waals surface area contributed by atoms with Crippen LogP contribution in [0.15, 0.2) is 24.3 Å². The van der Waals surface area contributed by atoms with Crippen LogP contribution in [0.1, 0.15) is 126 Å². The van der Waals surface area contributed by atoms with Crippen LogP contribution in [0.25, 0.3) is 11.0 Å². The van der Waals surface area contributed by atoms with Gasteiger partial charge in [0.25, 0.3) is 6.01 Å². The number of fused-ring (bicyclic) bond motifs is 5. The van der Waals surface area contributed by atoms with E-state index in [0.717, 1.165) is 43.1 Å². The van der Waals surface area contributed by atoms with Crippen LogP contribution in [-0.4, -0.2) is 81.6 Å². The molecular weight excluding hydrogens is 711 g/mol. The van der Waals surface area contributed by atoms with Crippen molar-refractivity contribution in [3.63, 3.8) is 0 Å². The normalized spacial score (nSPS) is 28.1. The Bertz CT molecular complexity index is 1870. The number of aromatic nitrogens is 2. The molecule has 2 aliphatic carbocycles. The first-order valence-corrected chi connectivity index (χ1v) is 21.3. The summed E-state index contributed by atoms with van der Waals surface area (Å²) in [5.74, 6) is -1.60. The van der Waals surface area contributed by atoms with Crippen LogP contribution in [0.3, 0.4) is 0 Å². The highest BCUT2D eigenvalue weighted by Gasteiger charge is 2.63. The van der Waals surface area contributed by atoms with Crippen LogP contribution in [0.2, 0.25) is 0 Å². The number of rotatable bonds is 3. The Labute approximate surface area is 319 Å². The van der Waals surface area contributed by atoms with Crippen LogP contribution in [0.5, 0.6) is 6.01 Å². The van der Waals surface area contributed by atoms with Crippen molar-refractivity contribution in [2.45, 2.75) is 161 Å². The Kier molecular flexibility index (Phi) is 10.9. The quantitative estimate of drug-likeness (QED) is 0.379. The maximum atomic E-state index is 14.6. The number of para-hydroxylation sites is 2. The molecule has 0 unspecified atom stereocenters. The van der Waals surface area contributed by atoms with E-state index >= 15 is 0 Å². The number of ketones is 1. The molecule has 1 saturated heterocycles. The standard InChI is InChI=1S/C40H59N5O8S/c1-8-26-23-40(26)24-31(46)30-22-27(25-45(30)33(47)32(37(2,3)4)42-36(49)53-38(5,6)7)52-35-41-28-16-12-13-17-29(28)44(35)21-15-11-9-10-14-18-39(19-20-39)54(50,51)43-34(40)48/h12-13,16-17,26-27,30,32H,8-11,14-15,18-25H2,1-7H3,(H,42,49)(H,43,48)/t26-,27-,30+,32-,40-/m1/s1. The fourth-order valence-corrected chi connectivity index (χ4v) is 10.2. The van der Waals surface area contributed by atoms with Gasteiger partial charge in [-0.2, -0.15) is 4.98 Å². The van der Waals surface area contributed by atoms with Gasteiger partial charge in [-0.25, -0.2) is 13.2 Å². The van der Waals surface area contributed by atoms with Crippen molar-refractivity contribution in [3.8, 4) is 6.01 Å². The fourth-order valence-electron chi connectivity index (χ4n) is 8.47. The van der Waals surface area contributed by atoms with Gasteiger partial charge in [0, 0.05) is 19.4 Å². The van der Waals surface area contributed by atoms with Gasteiger partial charge in [-0.15, -0.1) is 0 Å². The molecule has 14 heteroatoms. The summed E-state index contributed by atoms with van der Waals surface area (Å²) in [6.45, 7) is 13.3. The van der Waals surface area contributed by atoms with Gasteiger partial charge in [-0.3, -0.25) is 23.7 Å². The van der Waals surface area contributed by atoms with Crippen molar-refractivity contribution in [3.05, 3.63) is 24.3 Å². The average molecular weight is 770 g/mol. The summed E-state index contributed by atoms with van der Waals surface area (Å²) in [5, 5.41) is 2.77. The second-order valence-corrected chi connectivity index (χ2v) is 20.3. The molecule has 2 aromatic rings. The first-order chi connectivity index (χ1) is 25.3. The summed E-state index contributed by atoms with van der Waals surface area (Å²) in [4.78, 5) is 62.6. The molecule has 0 radical (unpaired) electrons. The number of hydrogen-bond donors (Lipinski definition) is 2. The lowest BCUT2D eigenvalue weighted by molar-refractivity contribution is -0.142. The Morgan fingerprint density at radius 1 is 1.04 bits per heavy atom. The minimum atomic E-state index is -3.96. The zero-order chi connectivity index (χ0) is 39.3. The van der Waals surface area contributed by atoms with E-state index in [1.807, 2.05) is 52.0 Å². The number of sulfonamides is 1. The molecule has 2 aliphatic heterocycles. The third-order valence-electron chi connectivity index (χ3n) is 11.9. The summed E-state index contributed by atoms with van der Waals surface area (Å²) >= 11 is 0. The van der Waals surface area contributed by atoms with Gasteiger partial charge in [0.2, 0.25) is 21.8 Å². The predicted octanol–water partition coefficient (Wildman–Crippen LogP) is 6.03. The van der Waals surface area contributed by atoms with Gasteiger partial charge in [-0.1, -0.05) is 71.9 Å². The smallest absolute Gasteiger partial charge is 0.408 e. The number of carbonyl (C=O) groups is 4. The SMILES string of the molecule is CC[C@@H]1C[C@@]12CC(=O)[C@@H]1C[C@H](CN1C(=O)[C@@H](NC(=O)OC(C)(C)C)C(C)(C)C)Oc1nc3ccccc3n1CCCCCCCC1(CC1)S(=O)(=O)NC2=O. The molecule has 1 aromatic heterocycles. The molecule has 3 heterocycles. The van der Waals surface area contributed by atoms with E-state index < -0.39 is 67.3 Å². The van der Waals surface area contributed by atoms with Crippen LogP contribution in [0, 0.1) is 16.7 Å². The van der Waals surface area contributed by atoms with Crippen LogP contribution < -0.4 is 14.8 Å². The number of aryl methyl sites for hydroxylation is 1. The zero-order valence-electron chi connectivity index (χ0n) is 33.0. The third-order valence-corrected chi connectivity index (χ3v) is 14.1. The number of Topliss-reactive ketones (excluding diaryl/α,β-unsaturated/α-hetero) is 1. The lowest BCUT2D eigenvalue weighted by Crippen LogP contribution is -2.57. The summed E-state index contributed by atoms with van der Waals surface area (Å²) in [6, 6.07) is 6.19.